The molecule has 1 heterocycles. The van der Waals surface area contributed by atoms with Crippen molar-refractivity contribution in [2.24, 2.45) is 7.05 Å². The van der Waals surface area contributed by atoms with Gasteiger partial charge in [0.25, 0.3) is 0 Å². The summed E-state index contributed by atoms with van der Waals surface area (Å²) in [5.41, 5.74) is 3.39. The molecule has 0 aliphatic carbocycles. The molecule has 2 aromatic rings. The quantitative estimate of drug-likeness (QED) is 0.720. The fourth-order valence-corrected chi connectivity index (χ4v) is 1.39. The van der Waals surface area contributed by atoms with E-state index in [1.165, 1.54) is 5.56 Å². The van der Waals surface area contributed by atoms with Crippen molar-refractivity contribution in [2.75, 3.05) is 0 Å². The van der Waals surface area contributed by atoms with Gasteiger partial charge in [-0.3, -0.25) is 4.68 Å². The van der Waals surface area contributed by atoms with Crippen LogP contribution in [-0.4, -0.2) is 15.0 Å². The summed E-state index contributed by atoms with van der Waals surface area (Å²) in [5, 5.41) is 7.96. The minimum Gasteiger partial charge on any atom is -0.255 e. The fraction of sp³-hybridized carbons (Fsp3) is 0.273. The predicted octanol–water partition coefficient (Wildman–Crippen LogP) is 2.04. The highest BCUT2D eigenvalue weighted by Gasteiger charge is 2.00. The molecule has 0 spiro atoms. The minimum absolute atomic E-state index is 0.926. The maximum absolute atomic E-state index is 4.05. The van der Waals surface area contributed by atoms with E-state index >= 15 is 0 Å². The maximum atomic E-state index is 4.05. The average Bonchev–Trinajstić information content (AvgIpc) is 2.65. The van der Waals surface area contributed by atoms with Gasteiger partial charge in [-0.15, -0.1) is 5.10 Å². The summed E-state index contributed by atoms with van der Waals surface area (Å²) in [7, 11) is 1.87. The number of aryl methyl sites for hydroxylation is 2. The summed E-state index contributed by atoms with van der Waals surface area (Å²) >= 11 is 0. The Morgan fingerprint density at radius 2 is 1.93 bits per heavy atom. The SMILES string of the molecule is CCc1ccc(-c2cn(C)nn2)cc1. The second-order valence-electron chi connectivity index (χ2n) is 3.33. The van der Waals surface area contributed by atoms with E-state index in [9.17, 15) is 0 Å². The largest absolute Gasteiger partial charge is 0.255 e. The van der Waals surface area contributed by atoms with Gasteiger partial charge in [-0.2, -0.15) is 0 Å². The van der Waals surface area contributed by atoms with Crippen molar-refractivity contribution in [3.63, 3.8) is 0 Å². The van der Waals surface area contributed by atoms with Gasteiger partial charge < -0.3 is 0 Å². The van der Waals surface area contributed by atoms with Crippen LogP contribution in [0.3, 0.4) is 0 Å². The molecule has 0 saturated carbocycles. The van der Waals surface area contributed by atoms with Crippen LogP contribution < -0.4 is 0 Å². The molecule has 0 radical (unpaired) electrons. The monoisotopic (exact) mass is 187 g/mol. The lowest BCUT2D eigenvalue weighted by atomic mass is 10.1. The van der Waals surface area contributed by atoms with Crippen LogP contribution in [0, 0.1) is 0 Å². The zero-order valence-electron chi connectivity index (χ0n) is 8.44. The molecule has 0 aliphatic heterocycles. The van der Waals surface area contributed by atoms with Gasteiger partial charge in [0.05, 0.1) is 6.20 Å². The van der Waals surface area contributed by atoms with Crippen molar-refractivity contribution in [1.82, 2.24) is 15.0 Å². The maximum Gasteiger partial charge on any atom is 0.113 e. The molecule has 1 aromatic heterocycles. The van der Waals surface area contributed by atoms with Gasteiger partial charge in [-0.05, 0) is 12.0 Å². The average molecular weight is 187 g/mol. The van der Waals surface area contributed by atoms with Crippen molar-refractivity contribution >= 4 is 0 Å². The highest BCUT2D eigenvalue weighted by molar-refractivity contribution is 5.57. The highest BCUT2D eigenvalue weighted by Crippen LogP contribution is 2.16. The minimum atomic E-state index is 0.926. The normalized spacial score (nSPS) is 10.4. The van der Waals surface area contributed by atoms with E-state index in [0.717, 1.165) is 17.7 Å². The summed E-state index contributed by atoms with van der Waals surface area (Å²) in [6, 6.07) is 8.43. The third kappa shape index (κ3) is 1.66. The van der Waals surface area contributed by atoms with Crippen molar-refractivity contribution in [1.29, 1.82) is 0 Å². The number of hydrogen-bond acceptors (Lipinski definition) is 2. The van der Waals surface area contributed by atoms with E-state index in [4.69, 9.17) is 0 Å². The molecule has 0 bridgehead atoms. The zero-order valence-corrected chi connectivity index (χ0v) is 8.44. The zero-order chi connectivity index (χ0) is 9.97. The molecule has 2 rings (SSSR count). The molecule has 72 valence electrons. The van der Waals surface area contributed by atoms with E-state index in [-0.39, 0.29) is 0 Å². The van der Waals surface area contributed by atoms with Gasteiger partial charge in [0.2, 0.25) is 0 Å². The topological polar surface area (TPSA) is 30.7 Å². The van der Waals surface area contributed by atoms with E-state index < -0.39 is 0 Å². The van der Waals surface area contributed by atoms with E-state index in [1.54, 1.807) is 4.68 Å². The standard InChI is InChI=1S/C11H13N3/c1-3-9-4-6-10(7-5-9)11-8-14(2)13-12-11/h4-8H,3H2,1-2H3. The van der Waals surface area contributed by atoms with Gasteiger partial charge in [0, 0.05) is 12.6 Å². The second-order valence-corrected chi connectivity index (χ2v) is 3.33. The summed E-state index contributed by atoms with van der Waals surface area (Å²) in [6.07, 6.45) is 2.99. The highest BCUT2D eigenvalue weighted by atomic mass is 15.4. The lowest BCUT2D eigenvalue weighted by Crippen LogP contribution is -1.85. The number of aromatic nitrogens is 3. The van der Waals surface area contributed by atoms with Gasteiger partial charge in [-0.1, -0.05) is 36.4 Å². The Morgan fingerprint density at radius 1 is 1.21 bits per heavy atom. The summed E-state index contributed by atoms with van der Waals surface area (Å²) in [6.45, 7) is 2.15. The molecule has 0 atom stereocenters. The molecule has 0 saturated heterocycles. The molecule has 14 heavy (non-hydrogen) atoms. The van der Waals surface area contributed by atoms with E-state index in [2.05, 4.69) is 41.5 Å². The molecule has 0 amide bonds. The molecule has 1 aromatic carbocycles. The Morgan fingerprint density at radius 3 is 2.43 bits per heavy atom. The van der Waals surface area contributed by atoms with Crippen LogP contribution in [0.4, 0.5) is 0 Å². The van der Waals surface area contributed by atoms with Crippen LogP contribution in [0.2, 0.25) is 0 Å². The Bertz CT molecular complexity index is 414. The molecular formula is C11H13N3. The van der Waals surface area contributed by atoms with Crippen LogP contribution in [0.1, 0.15) is 12.5 Å². The first-order valence-electron chi connectivity index (χ1n) is 4.75. The number of nitrogens with zero attached hydrogens (tertiary/aromatic N) is 3. The molecular weight excluding hydrogens is 174 g/mol. The first kappa shape index (κ1) is 8.94. The Balaban J connectivity index is 2.33. The predicted molar refractivity (Wildman–Crippen MR) is 55.8 cm³/mol. The van der Waals surface area contributed by atoms with Crippen molar-refractivity contribution < 1.29 is 0 Å². The summed E-state index contributed by atoms with van der Waals surface area (Å²) in [5.74, 6) is 0. The third-order valence-corrected chi connectivity index (χ3v) is 2.26. The van der Waals surface area contributed by atoms with Gasteiger partial charge in [-0.25, -0.2) is 0 Å². The molecule has 0 N–H and O–H groups in total. The Labute approximate surface area is 83.4 Å². The van der Waals surface area contributed by atoms with Crippen molar-refractivity contribution in [2.45, 2.75) is 13.3 Å². The number of hydrogen-bond donors (Lipinski definition) is 0. The number of benzene rings is 1. The van der Waals surface area contributed by atoms with Crippen LogP contribution in [-0.2, 0) is 13.5 Å². The summed E-state index contributed by atoms with van der Waals surface area (Å²) < 4.78 is 1.71. The van der Waals surface area contributed by atoms with Crippen molar-refractivity contribution in [3.8, 4) is 11.3 Å². The van der Waals surface area contributed by atoms with E-state index in [0.29, 0.717) is 0 Å². The lowest BCUT2D eigenvalue weighted by molar-refractivity contribution is 0.715. The molecule has 0 unspecified atom stereocenters. The van der Waals surface area contributed by atoms with Crippen LogP contribution in [0.5, 0.6) is 0 Å². The molecule has 3 heteroatoms. The Hall–Kier alpha value is -1.64. The Kier molecular flexibility index (Phi) is 2.31. The van der Waals surface area contributed by atoms with Crippen LogP contribution in [0.25, 0.3) is 11.3 Å². The van der Waals surface area contributed by atoms with Crippen molar-refractivity contribution in [3.05, 3.63) is 36.0 Å². The first-order chi connectivity index (χ1) is 6.79. The third-order valence-electron chi connectivity index (χ3n) is 2.26. The lowest BCUT2D eigenvalue weighted by Gasteiger charge is -1.97. The fourth-order valence-electron chi connectivity index (χ4n) is 1.39. The summed E-state index contributed by atoms with van der Waals surface area (Å²) in [4.78, 5) is 0. The molecule has 0 fully saturated rings. The van der Waals surface area contributed by atoms with E-state index in [1.807, 2.05) is 13.2 Å². The van der Waals surface area contributed by atoms with Gasteiger partial charge in [0.15, 0.2) is 0 Å². The van der Waals surface area contributed by atoms with Gasteiger partial charge in [0.1, 0.15) is 5.69 Å². The molecule has 3 nitrogen and oxygen atoms in total. The van der Waals surface area contributed by atoms with Crippen LogP contribution in [0.15, 0.2) is 30.5 Å². The first-order valence-corrected chi connectivity index (χ1v) is 4.75. The smallest absolute Gasteiger partial charge is 0.113 e. The number of rotatable bonds is 2. The van der Waals surface area contributed by atoms with Crippen LogP contribution >= 0.6 is 0 Å². The van der Waals surface area contributed by atoms with Gasteiger partial charge >= 0.3 is 0 Å². The second kappa shape index (κ2) is 3.62. The molecule has 0 aliphatic rings.